The zero-order valence-corrected chi connectivity index (χ0v) is 15.6. The lowest BCUT2D eigenvalue weighted by Gasteiger charge is -2.25. The van der Waals surface area contributed by atoms with Gasteiger partial charge in [-0.2, -0.15) is 10.6 Å². The minimum Gasteiger partial charge on any atom is -0.323 e. The van der Waals surface area contributed by atoms with E-state index in [1.807, 2.05) is 24.4 Å². The third-order valence-corrected chi connectivity index (χ3v) is 4.97. The second-order valence-corrected chi connectivity index (χ2v) is 6.78. The molecule has 27 heavy (non-hydrogen) atoms. The molecule has 1 saturated heterocycles. The van der Waals surface area contributed by atoms with E-state index >= 15 is 0 Å². The molecule has 0 radical (unpaired) electrons. The number of nitrogens with zero attached hydrogens (tertiary/aromatic N) is 5. The maximum absolute atomic E-state index is 12.2. The number of halogens is 1. The summed E-state index contributed by atoms with van der Waals surface area (Å²) in [4.78, 5) is 28.0. The summed E-state index contributed by atoms with van der Waals surface area (Å²) in [7, 11) is 0. The van der Waals surface area contributed by atoms with Gasteiger partial charge in [0.15, 0.2) is 11.6 Å². The molecule has 0 aliphatic carbocycles. The number of anilines is 1. The predicted molar refractivity (Wildman–Crippen MR) is 101 cm³/mol. The van der Waals surface area contributed by atoms with Crippen molar-refractivity contribution in [1.29, 1.82) is 0 Å². The van der Waals surface area contributed by atoms with E-state index in [1.54, 1.807) is 22.5 Å². The quantitative estimate of drug-likeness (QED) is 0.545. The van der Waals surface area contributed by atoms with E-state index in [1.165, 1.54) is 0 Å². The van der Waals surface area contributed by atoms with E-state index in [-0.39, 0.29) is 5.15 Å². The number of hydrogen-bond acceptors (Lipinski definition) is 6. The van der Waals surface area contributed by atoms with Gasteiger partial charge in [0.2, 0.25) is 0 Å². The average molecular weight is 387 g/mol. The number of pyridine rings is 1. The summed E-state index contributed by atoms with van der Waals surface area (Å²) < 4.78 is 1.73. The number of carbonyl (C=O) groups is 1. The van der Waals surface area contributed by atoms with Gasteiger partial charge in [-0.05, 0) is 38.3 Å². The van der Waals surface area contributed by atoms with Gasteiger partial charge >= 0.3 is 6.09 Å². The van der Waals surface area contributed by atoms with E-state index in [9.17, 15) is 4.79 Å². The van der Waals surface area contributed by atoms with Gasteiger partial charge in [-0.25, -0.2) is 19.3 Å². The van der Waals surface area contributed by atoms with E-state index < -0.39 is 6.09 Å². The van der Waals surface area contributed by atoms with Crippen LogP contribution in [0.3, 0.4) is 0 Å². The van der Waals surface area contributed by atoms with Crippen molar-refractivity contribution < 1.29 is 9.63 Å². The molecule has 1 fully saturated rings. The largest absolute Gasteiger partial charge is 0.434 e. The number of carbonyl (C=O) groups excluding carboxylic acids is 1. The Morgan fingerprint density at radius 1 is 1.22 bits per heavy atom. The predicted octanol–water partition coefficient (Wildman–Crippen LogP) is 3.70. The van der Waals surface area contributed by atoms with E-state index in [2.05, 4.69) is 20.5 Å². The topological polar surface area (TPSA) is 84.6 Å². The molecule has 0 saturated carbocycles. The smallest absolute Gasteiger partial charge is 0.323 e. The molecule has 140 valence electrons. The highest BCUT2D eigenvalue weighted by molar-refractivity contribution is 6.30. The molecule has 1 amide bonds. The van der Waals surface area contributed by atoms with Gasteiger partial charge in [0.25, 0.3) is 0 Å². The highest BCUT2D eigenvalue weighted by atomic mass is 35.5. The van der Waals surface area contributed by atoms with Crippen LogP contribution in [0.1, 0.15) is 24.8 Å². The third kappa shape index (κ3) is 3.52. The van der Waals surface area contributed by atoms with Gasteiger partial charge in [0.05, 0.1) is 17.3 Å². The van der Waals surface area contributed by atoms with Crippen LogP contribution in [0.5, 0.6) is 0 Å². The molecule has 1 aliphatic rings. The maximum atomic E-state index is 12.2. The Hall–Kier alpha value is -2.87. The van der Waals surface area contributed by atoms with Gasteiger partial charge in [-0.15, -0.1) is 0 Å². The summed E-state index contributed by atoms with van der Waals surface area (Å²) in [6.45, 7) is 3.18. The van der Waals surface area contributed by atoms with Crippen molar-refractivity contribution in [1.82, 2.24) is 24.5 Å². The Morgan fingerprint density at radius 2 is 2.04 bits per heavy atom. The number of rotatable bonds is 3. The lowest BCUT2D eigenvalue weighted by molar-refractivity contribution is 0.114. The monoisotopic (exact) mass is 386 g/mol. The standard InChI is InChI=1S/C18H19ClN6O2/c1-12-15(19)21-17(13-11-20-25-10-6-3-7-14(13)25)22-16(12)23-27-18(26)24-8-4-2-5-9-24/h3,6-7,10-11H,2,4-5,8-9H2,1H3,(H,21,22,23). The maximum Gasteiger partial charge on any atom is 0.434 e. The second kappa shape index (κ2) is 7.40. The molecule has 4 heterocycles. The van der Waals surface area contributed by atoms with Crippen LogP contribution in [0.15, 0.2) is 30.6 Å². The highest BCUT2D eigenvalue weighted by Gasteiger charge is 2.20. The fourth-order valence-corrected chi connectivity index (χ4v) is 3.22. The number of amides is 1. The molecule has 0 unspecified atom stereocenters. The third-order valence-electron chi connectivity index (χ3n) is 4.60. The van der Waals surface area contributed by atoms with Crippen molar-refractivity contribution in [2.24, 2.45) is 0 Å². The lowest BCUT2D eigenvalue weighted by atomic mass is 10.1. The summed E-state index contributed by atoms with van der Waals surface area (Å²) in [6, 6.07) is 5.72. The Kier molecular flexibility index (Phi) is 4.81. The fourth-order valence-electron chi connectivity index (χ4n) is 3.05. The molecule has 9 heteroatoms. The minimum atomic E-state index is -0.415. The molecule has 3 aromatic heterocycles. The lowest BCUT2D eigenvalue weighted by Crippen LogP contribution is -2.37. The summed E-state index contributed by atoms with van der Waals surface area (Å²) >= 11 is 6.28. The zero-order valence-electron chi connectivity index (χ0n) is 14.9. The Morgan fingerprint density at radius 3 is 2.85 bits per heavy atom. The van der Waals surface area contributed by atoms with Gasteiger partial charge in [0.1, 0.15) is 5.15 Å². The van der Waals surface area contributed by atoms with Crippen LogP contribution < -0.4 is 5.48 Å². The second-order valence-electron chi connectivity index (χ2n) is 6.42. The van der Waals surface area contributed by atoms with E-state index in [0.717, 1.165) is 30.3 Å². The molecule has 0 aromatic carbocycles. The molecule has 8 nitrogen and oxygen atoms in total. The van der Waals surface area contributed by atoms with Crippen LogP contribution in [0, 0.1) is 6.92 Å². The number of aromatic nitrogens is 4. The van der Waals surface area contributed by atoms with Crippen molar-refractivity contribution in [3.63, 3.8) is 0 Å². The first kappa shape index (κ1) is 17.5. The summed E-state index contributed by atoms with van der Waals surface area (Å²) in [6.07, 6.45) is 6.23. The first-order valence-corrected chi connectivity index (χ1v) is 9.20. The Bertz CT molecular complexity index is 983. The number of nitrogens with one attached hydrogen (secondary N) is 1. The van der Waals surface area contributed by atoms with Crippen LogP contribution in [-0.4, -0.2) is 43.7 Å². The van der Waals surface area contributed by atoms with Crippen LogP contribution in [0.2, 0.25) is 5.15 Å². The Labute approximate surface area is 161 Å². The molecule has 1 aliphatic heterocycles. The Balaban J connectivity index is 1.59. The van der Waals surface area contributed by atoms with Crippen LogP contribution >= 0.6 is 11.6 Å². The van der Waals surface area contributed by atoms with Crippen molar-refractivity contribution in [2.75, 3.05) is 18.6 Å². The van der Waals surface area contributed by atoms with Crippen LogP contribution in [0.4, 0.5) is 10.6 Å². The molecule has 1 N–H and O–H groups in total. The van der Waals surface area contributed by atoms with E-state index in [0.29, 0.717) is 30.3 Å². The fraction of sp³-hybridized carbons (Fsp3) is 0.333. The first-order valence-electron chi connectivity index (χ1n) is 8.82. The summed E-state index contributed by atoms with van der Waals surface area (Å²) in [5.74, 6) is 0.758. The van der Waals surface area contributed by atoms with Gasteiger partial charge < -0.3 is 9.74 Å². The van der Waals surface area contributed by atoms with Crippen molar-refractivity contribution in [2.45, 2.75) is 26.2 Å². The van der Waals surface area contributed by atoms with Crippen molar-refractivity contribution in [3.8, 4) is 11.4 Å². The minimum absolute atomic E-state index is 0.284. The summed E-state index contributed by atoms with van der Waals surface area (Å²) in [5.41, 5.74) is 4.84. The molecule has 0 atom stereocenters. The SMILES string of the molecule is Cc1c(Cl)nc(-c2cnn3ccccc23)nc1NOC(=O)N1CCCCC1. The molecule has 3 aromatic rings. The molecule has 0 spiro atoms. The van der Waals surface area contributed by atoms with Crippen LogP contribution in [0.25, 0.3) is 16.9 Å². The number of likely N-dealkylation sites (tertiary alicyclic amines) is 1. The average Bonchev–Trinajstić information content (AvgIpc) is 3.13. The first-order chi connectivity index (χ1) is 13.1. The molecule has 4 rings (SSSR count). The normalized spacial score (nSPS) is 14.4. The number of hydrogen-bond donors (Lipinski definition) is 1. The van der Waals surface area contributed by atoms with Crippen molar-refractivity contribution >= 4 is 29.0 Å². The molecular weight excluding hydrogens is 368 g/mol. The van der Waals surface area contributed by atoms with E-state index in [4.69, 9.17) is 16.4 Å². The number of piperidine rings is 1. The van der Waals surface area contributed by atoms with Crippen LogP contribution in [-0.2, 0) is 4.84 Å². The number of fused-ring (bicyclic) bond motifs is 1. The van der Waals surface area contributed by atoms with Gasteiger partial charge in [0, 0.05) is 24.8 Å². The molecular formula is C18H19ClN6O2. The zero-order chi connectivity index (χ0) is 18.8. The molecule has 0 bridgehead atoms. The highest BCUT2D eigenvalue weighted by Crippen LogP contribution is 2.27. The van der Waals surface area contributed by atoms with Gasteiger partial charge in [-0.1, -0.05) is 17.7 Å². The summed E-state index contributed by atoms with van der Waals surface area (Å²) in [5, 5.41) is 4.58. The van der Waals surface area contributed by atoms with Gasteiger partial charge in [-0.3, -0.25) is 0 Å². The van der Waals surface area contributed by atoms with Crippen molar-refractivity contribution in [3.05, 3.63) is 41.3 Å².